The molecule has 2 N–H and O–H groups in total. The zero-order valence-corrected chi connectivity index (χ0v) is 16.7. The summed E-state index contributed by atoms with van der Waals surface area (Å²) in [5, 5.41) is 9.90. The summed E-state index contributed by atoms with van der Waals surface area (Å²) in [4.78, 5) is 25.0. The Morgan fingerprint density at radius 2 is 1.84 bits per heavy atom. The number of anilines is 2. The van der Waals surface area contributed by atoms with Crippen LogP contribution in [-0.2, 0) is 13.6 Å². The van der Waals surface area contributed by atoms with Crippen LogP contribution < -0.4 is 20.9 Å². The van der Waals surface area contributed by atoms with Gasteiger partial charge in [-0.1, -0.05) is 18.2 Å². The standard InChI is InChI=1S/C23H20N4O4/c1-27-23(29)21(20(15-25-27)31-18-6-3-2-4-7-18)26-17-11-9-16(10-12-17)22(28)24-14-19-8-5-13-30-19/h2-13,15,26H,14H2,1H3,(H,24,28). The number of hydrogen-bond donors (Lipinski definition) is 2. The fourth-order valence-corrected chi connectivity index (χ4v) is 2.86. The van der Waals surface area contributed by atoms with Crippen LogP contribution in [0.5, 0.6) is 11.5 Å². The molecule has 2 aromatic heterocycles. The van der Waals surface area contributed by atoms with Gasteiger partial charge < -0.3 is 19.8 Å². The highest BCUT2D eigenvalue weighted by Crippen LogP contribution is 2.28. The number of hydrogen-bond acceptors (Lipinski definition) is 6. The fraction of sp³-hybridized carbons (Fsp3) is 0.0870. The van der Waals surface area contributed by atoms with E-state index in [-0.39, 0.29) is 17.2 Å². The van der Waals surface area contributed by atoms with Crippen molar-refractivity contribution >= 4 is 17.3 Å². The van der Waals surface area contributed by atoms with Crippen LogP contribution >= 0.6 is 0 Å². The third kappa shape index (κ3) is 4.81. The number of rotatable bonds is 7. The summed E-state index contributed by atoms with van der Waals surface area (Å²) in [6.45, 7) is 0.305. The monoisotopic (exact) mass is 416 g/mol. The van der Waals surface area contributed by atoms with E-state index >= 15 is 0 Å². The van der Waals surface area contributed by atoms with E-state index in [0.29, 0.717) is 35.1 Å². The van der Waals surface area contributed by atoms with Gasteiger partial charge in [-0.15, -0.1) is 0 Å². The van der Waals surface area contributed by atoms with Crippen molar-refractivity contribution in [3.63, 3.8) is 0 Å². The average Bonchev–Trinajstić information content (AvgIpc) is 3.32. The third-order valence-electron chi connectivity index (χ3n) is 4.49. The highest BCUT2D eigenvalue weighted by Gasteiger charge is 2.13. The number of nitrogens with one attached hydrogen (secondary N) is 2. The lowest BCUT2D eigenvalue weighted by atomic mass is 10.2. The molecule has 0 unspecified atom stereocenters. The van der Waals surface area contributed by atoms with Crippen LogP contribution in [0.4, 0.5) is 11.4 Å². The normalized spacial score (nSPS) is 10.5. The van der Waals surface area contributed by atoms with Crippen molar-refractivity contribution in [1.29, 1.82) is 0 Å². The number of amides is 1. The van der Waals surface area contributed by atoms with E-state index < -0.39 is 0 Å². The van der Waals surface area contributed by atoms with Crippen LogP contribution in [0.3, 0.4) is 0 Å². The van der Waals surface area contributed by atoms with Crippen LogP contribution in [0, 0.1) is 0 Å². The van der Waals surface area contributed by atoms with Crippen molar-refractivity contribution in [3.8, 4) is 11.5 Å². The summed E-state index contributed by atoms with van der Waals surface area (Å²) in [5.41, 5.74) is 1.02. The van der Waals surface area contributed by atoms with Crippen molar-refractivity contribution in [3.05, 3.63) is 101 Å². The minimum Gasteiger partial charge on any atom is -0.467 e. The van der Waals surface area contributed by atoms with E-state index in [1.165, 1.54) is 10.9 Å². The maximum Gasteiger partial charge on any atom is 0.294 e. The van der Waals surface area contributed by atoms with Gasteiger partial charge in [0.15, 0.2) is 11.4 Å². The minimum absolute atomic E-state index is 0.226. The molecule has 156 valence electrons. The van der Waals surface area contributed by atoms with Crippen LogP contribution in [0.15, 0.2) is 88.4 Å². The Morgan fingerprint density at radius 1 is 1.06 bits per heavy atom. The molecule has 8 heteroatoms. The Hall–Kier alpha value is -4.33. The van der Waals surface area contributed by atoms with Gasteiger partial charge in [0.2, 0.25) is 0 Å². The van der Waals surface area contributed by atoms with E-state index in [1.54, 1.807) is 61.8 Å². The summed E-state index contributed by atoms with van der Waals surface area (Å²) >= 11 is 0. The molecule has 0 saturated heterocycles. The summed E-state index contributed by atoms with van der Waals surface area (Å²) in [6.07, 6.45) is 3.04. The Morgan fingerprint density at radius 3 is 2.55 bits per heavy atom. The van der Waals surface area contributed by atoms with Crippen LogP contribution in [0.1, 0.15) is 16.1 Å². The third-order valence-corrected chi connectivity index (χ3v) is 4.49. The van der Waals surface area contributed by atoms with Crippen molar-refractivity contribution < 1.29 is 13.9 Å². The number of nitrogens with zero attached hydrogens (tertiary/aromatic N) is 2. The van der Waals surface area contributed by atoms with Crippen LogP contribution in [-0.4, -0.2) is 15.7 Å². The molecule has 0 aliphatic heterocycles. The number of furan rings is 1. The number of para-hydroxylation sites is 1. The molecule has 4 rings (SSSR count). The van der Waals surface area contributed by atoms with Gasteiger partial charge in [0.25, 0.3) is 11.5 Å². The number of ether oxygens (including phenoxy) is 1. The molecule has 8 nitrogen and oxygen atoms in total. The molecule has 2 aromatic carbocycles. The molecule has 0 aliphatic rings. The van der Waals surface area contributed by atoms with Gasteiger partial charge in [0, 0.05) is 18.3 Å². The van der Waals surface area contributed by atoms with Crippen molar-refractivity contribution in [2.75, 3.05) is 5.32 Å². The molecule has 1 amide bonds. The van der Waals surface area contributed by atoms with E-state index in [2.05, 4.69) is 15.7 Å². The Labute approximate surface area is 178 Å². The first-order chi connectivity index (χ1) is 15.1. The van der Waals surface area contributed by atoms with Crippen molar-refractivity contribution in [1.82, 2.24) is 15.1 Å². The molecule has 0 radical (unpaired) electrons. The lowest BCUT2D eigenvalue weighted by molar-refractivity contribution is 0.0948. The van der Waals surface area contributed by atoms with Gasteiger partial charge in [-0.2, -0.15) is 5.10 Å². The van der Waals surface area contributed by atoms with Gasteiger partial charge in [-0.25, -0.2) is 4.68 Å². The highest BCUT2D eigenvalue weighted by molar-refractivity contribution is 5.94. The fourth-order valence-electron chi connectivity index (χ4n) is 2.86. The van der Waals surface area contributed by atoms with Gasteiger partial charge in [0.1, 0.15) is 11.5 Å². The molecular weight excluding hydrogens is 396 g/mol. The lowest BCUT2D eigenvalue weighted by Crippen LogP contribution is -2.23. The molecular formula is C23H20N4O4. The number of aromatic nitrogens is 2. The number of aryl methyl sites for hydroxylation is 1. The largest absolute Gasteiger partial charge is 0.467 e. The van der Waals surface area contributed by atoms with Crippen LogP contribution in [0.2, 0.25) is 0 Å². The number of carbonyl (C=O) groups is 1. The smallest absolute Gasteiger partial charge is 0.294 e. The molecule has 0 saturated carbocycles. The molecule has 0 bridgehead atoms. The first-order valence-corrected chi connectivity index (χ1v) is 9.57. The molecule has 4 aromatic rings. The maximum atomic E-state index is 12.6. The first kappa shape index (κ1) is 20.0. The Kier molecular flexibility index (Phi) is 5.79. The average molecular weight is 416 g/mol. The number of carbonyl (C=O) groups excluding carboxylic acids is 1. The predicted molar refractivity (Wildman–Crippen MR) is 116 cm³/mol. The Balaban J connectivity index is 1.50. The molecule has 0 spiro atoms. The van der Waals surface area contributed by atoms with E-state index in [9.17, 15) is 9.59 Å². The second-order valence-electron chi connectivity index (χ2n) is 6.69. The molecule has 31 heavy (non-hydrogen) atoms. The van der Waals surface area contributed by atoms with E-state index in [1.807, 2.05) is 18.2 Å². The summed E-state index contributed by atoms with van der Waals surface area (Å²) < 4.78 is 12.3. The molecule has 0 fully saturated rings. The quantitative estimate of drug-likeness (QED) is 0.475. The minimum atomic E-state index is -0.339. The molecule has 0 aliphatic carbocycles. The van der Waals surface area contributed by atoms with E-state index in [4.69, 9.17) is 9.15 Å². The summed E-state index contributed by atoms with van der Waals surface area (Å²) in [6, 6.07) is 19.5. The lowest BCUT2D eigenvalue weighted by Gasteiger charge is -2.13. The van der Waals surface area contributed by atoms with Gasteiger partial charge >= 0.3 is 0 Å². The molecule has 2 heterocycles. The zero-order chi connectivity index (χ0) is 21.6. The second kappa shape index (κ2) is 9.00. The van der Waals surface area contributed by atoms with Gasteiger partial charge in [-0.3, -0.25) is 9.59 Å². The van der Waals surface area contributed by atoms with E-state index in [0.717, 1.165) is 0 Å². The SMILES string of the molecule is Cn1ncc(Oc2ccccc2)c(Nc2ccc(C(=O)NCc3ccco3)cc2)c1=O. The maximum absolute atomic E-state index is 12.6. The highest BCUT2D eigenvalue weighted by atomic mass is 16.5. The van der Waals surface area contributed by atoms with Gasteiger partial charge in [0.05, 0.1) is 19.0 Å². The number of benzene rings is 2. The summed E-state index contributed by atoms with van der Waals surface area (Å²) in [5.74, 6) is 1.33. The predicted octanol–water partition coefficient (Wildman–Crippen LogP) is 3.84. The second-order valence-corrected chi connectivity index (χ2v) is 6.69. The van der Waals surface area contributed by atoms with Gasteiger partial charge in [-0.05, 0) is 48.5 Å². The molecule has 0 atom stereocenters. The van der Waals surface area contributed by atoms with Crippen molar-refractivity contribution in [2.24, 2.45) is 7.05 Å². The summed E-state index contributed by atoms with van der Waals surface area (Å²) in [7, 11) is 1.56. The van der Waals surface area contributed by atoms with Crippen LogP contribution in [0.25, 0.3) is 0 Å². The topological polar surface area (TPSA) is 98.4 Å². The Bertz CT molecular complexity index is 1220. The zero-order valence-electron chi connectivity index (χ0n) is 16.7. The first-order valence-electron chi connectivity index (χ1n) is 9.57. The van der Waals surface area contributed by atoms with Crippen molar-refractivity contribution in [2.45, 2.75) is 6.54 Å².